The molecule has 1 atom stereocenters. The standard InChI is InChI=1S/C19H23N3O3/c1-14(2)16-5-3-15(4-6-16)11-20(17-7-8-17)13-21-12-18(22(24)25)9-10-19(21)23/h3-6,9-10,12,14,17H,7-8,11,13H2,1-2H3/p+1. The highest BCUT2D eigenvalue weighted by molar-refractivity contribution is 5.25. The fourth-order valence-electron chi connectivity index (χ4n) is 3.07. The van der Waals surface area contributed by atoms with E-state index in [0.717, 1.165) is 19.4 Å². The predicted molar refractivity (Wildman–Crippen MR) is 95.6 cm³/mol. The molecule has 2 aromatic rings. The molecule has 0 spiro atoms. The van der Waals surface area contributed by atoms with Gasteiger partial charge in [-0.05, 0) is 11.5 Å². The molecule has 1 saturated carbocycles. The van der Waals surface area contributed by atoms with E-state index < -0.39 is 4.92 Å². The van der Waals surface area contributed by atoms with Crippen molar-refractivity contribution in [1.29, 1.82) is 0 Å². The van der Waals surface area contributed by atoms with Crippen LogP contribution in [0.25, 0.3) is 0 Å². The fraction of sp³-hybridized carbons (Fsp3) is 0.421. The maximum atomic E-state index is 12.1. The van der Waals surface area contributed by atoms with Gasteiger partial charge in [-0.2, -0.15) is 0 Å². The van der Waals surface area contributed by atoms with Crippen LogP contribution in [0.2, 0.25) is 0 Å². The molecule has 1 aliphatic carbocycles. The van der Waals surface area contributed by atoms with Gasteiger partial charge in [0.05, 0.1) is 17.2 Å². The van der Waals surface area contributed by atoms with Crippen LogP contribution in [0, 0.1) is 10.1 Å². The molecule has 1 aliphatic rings. The van der Waals surface area contributed by atoms with Crippen molar-refractivity contribution in [2.45, 2.75) is 51.9 Å². The van der Waals surface area contributed by atoms with Crippen LogP contribution < -0.4 is 10.5 Å². The van der Waals surface area contributed by atoms with Gasteiger partial charge in [0.25, 0.3) is 11.2 Å². The van der Waals surface area contributed by atoms with E-state index in [1.54, 1.807) is 0 Å². The number of nitrogens with one attached hydrogen (secondary N) is 1. The van der Waals surface area contributed by atoms with Crippen LogP contribution in [0.5, 0.6) is 0 Å². The van der Waals surface area contributed by atoms with Crippen LogP contribution in [0.3, 0.4) is 0 Å². The van der Waals surface area contributed by atoms with Crippen molar-refractivity contribution in [3.05, 3.63) is 74.2 Å². The highest BCUT2D eigenvalue weighted by atomic mass is 16.6. The molecule has 6 nitrogen and oxygen atoms in total. The number of aromatic nitrogens is 1. The first kappa shape index (κ1) is 17.4. The minimum Gasteiger partial charge on any atom is -0.311 e. The topological polar surface area (TPSA) is 69.6 Å². The predicted octanol–water partition coefficient (Wildman–Crippen LogP) is 2.08. The second kappa shape index (κ2) is 7.19. The number of nitrogens with zero attached hydrogens (tertiary/aromatic N) is 2. The fourth-order valence-corrected chi connectivity index (χ4v) is 3.07. The Morgan fingerprint density at radius 2 is 1.88 bits per heavy atom. The zero-order valence-corrected chi connectivity index (χ0v) is 14.6. The molecule has 1 aromatic carbocycles. The van der Waals surface area contributed by atoms with Gasteiger partial charge in [-0.15, -0.1) is 0 Å². The number of pyridine rings is 1. The summed E-state index contributed by atoms with van der Waals surface area (Å²) in [6.45, 7) is 5.62. The summed E-state index contributed by atoms with van der Waals surface area (Å²) < 4.78 is 1.47. The zero-order valence-electron chi connectivity index (χ0n) is 14.6. The third-order valence-corrected chi connectivity index (χ3v) is 4.78. The minimum atomic E-state index is -0.461. The molecule has 0 radical (unpaired) electrons. The lowest BCUT2D eigenvalue weighted by Crippen LogP contribution is -3.11. The normalized spacial score (nSPS) is 15.3. The molecule has 132 valence electrons. The van der Waals surface area contributed by atoms with Gasteiger partial charge in [-0.3, -0.25) is 19.5 Å². The largest absolute Gasteiger partial charge is 0.311 e. The first-order valence-electron chi connectivity index (χ1n) is 8.72. The number of nitro groups is 1. The monoisotopic (exact) mass is 342 g/mol. The number of quaternary nitrogens is 1. The quantitative estimate of drug-likeness (QED) is 0.619. The van der Waals surface area contributed by atoms with E-state index in [1.807, 2.05) is 0 Å². The van der Waals surface area contributed by atoms with E-state index in [9.17, 15) is 14.9 Å². The Bertz CT molecular complexity index is 807. The zero-order chi connectivity index (χ0) is 18.0. The molecule has 6 heteroatoms. The molecule has 0 bridgehead atoms. The Labute approximate surface area is 146 Å². The molecule has 0 aliphatic heterocycles. The maximum Gasteiger partial charge on any atom is 0.285 e. The summed E-state index contributed by atoms with van der Waals surface area (Å²) in [4.78, 5) is 23.8. The van der Waals surface area contributed by atoms with E-state index in [1.165, 1.54) is 38.9 Å². The lowest BCUT2D eigenvalue weighted by atomic mass is 10.0. The smallest absolute Gasteiger partial charge is 0.285 e. The van der Waals surface area contributed by atoms with Crippen molar-refractivity contribution in [3.8, 4) is 0 Å². The van der Waals surface area contributed by atoms with E-state index in [-0.39, 0.29) is 11.2 Å². The number of hydrogen-bond acceptors (Lipinski definition) is 3. The lowest BCUT2D eigenvalue weighted by molar-refractivity contribution is -0.947. The van der Waals surface area contributed by atoms with Crippen molar-refractivity contribution in [2.24, 2.45) is 0 Å². The summed E-state index contributed by atoms with van der Waals surface area (Å²) in [6.07, 6.45) is 3.64. The number of rotatable bonds is 7. The van der Waals surface area contributed by atoms with Gasteiger partial charge in [0, 0.05) is 30.5 Å². The Morgan fingerprint density at radius 1 is 1.20 bits per heavy atom. The van der Waals surface area contributed by atoms with Gasteiger partial charge >= 0.3 is 0 Å². The summed E-state index contributed by atoms with van der Waals surface area (Å²) in [5.74, 6) is 0.504. The summed E-state index contributed by atoms with van der Waals surface area (Å²) in [5, 5.41) is 11.0. The van der Waals surface area contributed by atoms with Crippen LogP contribution in [0.15, 0.2) is 47.4 Å². The van der Waals surface area contributed by atoms with Gasteiger partial charge in [0.15, 0.2) is 6.67 Å². The Balaban J connectivity index is 1.77. The SMILES string of the molecule is CC(C)c1ccc(C[NH+](Cn2cc([N+](=O)[O-])ccc2=O)C2CC2)cc1. The molecule has 0 saturated heterocycles. The number of benzene rings is 1. The second-order valence-electron chi connectivity index (χ2n) is 7.12. The van der Waals surface area contributed by atoms with Crippen molar-refractivity contribution < 1.29 is 9.82 Å². The average molecular weight is 342 g/mol. The Kier molecular flexibility index (Phi) is 4.99. The third kappa shape index (κ3) is 4.33. The van der Waals surface area contributed by atoms with Gasteiger partial charge in [0.1, 0.15) is 6.54 Å². The van der Waals surface area contributed by atoms with E-state index in [2.05, 4.69) is 38.1 Å². The first-order chi connectivity index (χ1) is 11.9. The van der Waals surface area contributed by atoms with Crippen LogP contribution in [-0.2, 0) is 13.2 Å². The Hall–Kier alpha value is -2.47. The second-order valence-corrected chi connectivity index (χ2v) is 7.12. The van der Waals surface area contributed by atoms with Crippen molar-refractivity contribution in [2.75, 3.05) is 0 Å². The van der Waals surface area contributed by atoms with E-state index >= 15 is 0 Å². The molecular weight excluding hydrogens is 318 g/mol. The summed E-state index contributed by atoms with van der Waals surface area (Å²) in [6, 6.07) is 11.7. The first-order valence-corrected chi connectivity index (χ1v) is 8.72. The molecule has 1 heterocycles. The molecule has 1 aromatic heterocycles. The lowest BCUT2D eigenvalue weighted by Gasteiger charge is -2.20. The van der Waals surface area contributed by atoms with Crippen LogP contribution in [0.1, 0.15) is 43.7 Å². The van der Waals surface area contributed by atoms with Gasteiger partial charge in [-0.25, -0.2) is 0 Å². The molecule has 3 rings (SSSR count). The minimum absolute atomic E-state index is 0.0453. The average Bonchev–Trinajstić information content (AvgIpc) is 3.41. The van der Waals surface area contributed by atoms with Crippen LogP contribution in [-0.4, -0.2) is 15.5 Å². The Morgan fingerprint density at radius 3 is 2.44 bits per heavy atom. The molecule has 1 N–H and O–H groups in total. The molecule has 25 heavy (non-hydrogen) atoms. The summed E-state index contributed by atoms with van der Waals surface area (Å²) >= 11 is 0. The molecule has 0 amide bonds. The number of hydrogen-bond donors (Lipinski definition) is 1. The van der Waals surface area contributed by atoms with Gasteiger partial charge in [-0.1, -0.05) is 38.1 Å². The van der Waals surface area contributed by atoms with Crippen LogP contribution in [0.4, 0.5) is 5.69 Å². The molecule has 1 fully saturated rings. The van der Waals surface area contributed by atoms with Crippen molar-refractivity contribution in [1.82, 2.24) is 4.57 Å². The van der Waals surface area contributed by atoms with E-state index in [0.29, 0.717) is 18.6 Å². The van der Waals surface area contributed by atoms with Crippen LogP contribution >= 0.6 is 0 Å². The van der Waals surface area contributed by atoms with Crippen molar-refractivity contribution >= 4 is 5.69 Å². The summed E-state index contributed by atoms with van der Waals surface area (Å²) in [5.41, 5.74) is 2.30. The highest BCUT2D eigenvalue weighted by Crippen LogP contribution is 2.17. The van der Waals surface area contributed by atoms with Gasteiger partial charge < -0.3 is 4.90 Å². The van der Waals surface area contributed by atoms with Crippen molar-refractivity contribution in [3.63, 3.8) is 0 Å². The third-order valence-electron chi connectivity index (χ3n) is 4.78. The molecule has 1 unspecified atom stereocenters. The maximum absolute atomic E-state index is 12.1. The molecular formula is C19H24N3O3+. The van der Waals surface area contributed by atoms with E-state index in [4.69, 9.17) is 0 Å². The summed E-state index contributed by atoms with van der Waals surface area (Å²) in [7, 11) is 0. The van der Waals surface area contributed by atoms with Gasteiger partial charge in [0.2, 0.25) is 0 Å². The highest BCUT2D eigenvalue weighted by Gasteiger charge is 2.33.